The SMILES string of the molecule is CCNC(=NCc1cc(Cl)c(OCC)c(OC)c1)NC1CCS(=O)(=O)C1. The number of halogens is 1. The van der Waals surface area contributed by atoms with Crippen molar-refractivity contribution < 1.29 is 17.9 Å². The zero-order valence-corrected chi connectivity index (χ0v) is 16.9. The van der Waals surface area contributed by atoms with Crippen molar-refractivity contribution in [2.24, 2.45) is 4.99 Å². The minimum absolute atomic E-state index is 0.115. The van der Waals surface area contributed by atoms with Crippen LogP contribution in [0.1, 0.15) is 25.8 Å². The first-order valence-corrected chi connectivity index (χ1v) is 10.8. The van der Waals surface area contributed by atoms with E-state index in [1.807, 2.05) is 19.9 Å². The van der Waals surface area contributed by atoms with Crippen LogP contribution in [-0.2, 0) is 16.4 Å². The molecular formula is C17H26ClN3O4S. The molecule has 7 nitrogen and oxygen atoms in total. The molecule has 0 amide bonds. The van der Waals surface area contributed by atoms with Gasteiger partial charge in [0.25, 0.3) is 0 Å². The third kappa shape index (κ3) is 5.67. The van der Waals surface area contributed by atoms with Crippen molar-refractivity contribution in [1.29, 1.82) is 0 Å². The van der Waals surface area contributed by atoms with E-state index < -0.39 is 9.84 Å². The van der Waals surface area contributed by atoms with Crippen LogP contribution in [0.4, 0.5) is 0 Å². The summed E-state index contributed by atoms with van der Waals surface area (Å²) in [5.41, 5.74) is 0.867. The molecule has 1 fully saturated rings. The first kappa shape index (κ1) is 20.6. The number of nitrogens with one attached hydrogen (secondary N) is 2. The highest BCUT2D eigenvalue weighted by molar-refractivity contribution is 7.91. The van der Waals surface area contributed by atoms with Gasteiger partial charge in [-0.05, 0) is 38.0 Å². The number of guanidine groups is 1. The number of ether oxygens (including phenoxy) is 2. The van der Waals surface area contributed by atoms with E-state index in [2.05, 4.69) is 15.6 Å². The quantitative estimate of drug-likeness (QED) is 0.534. The van der Waals surface area contributed by atoms with Crippen LogP contribution in [0.3, 0.4) is 0 Å². The number of nitrogens with zero attached hydrogens (tertiary/aromatic N) is 1. The van der Waals surface area contributed by atoms with Crippen LogP contribution in [0.2, 0.25) is 5.02 Å². The molecule has 26 heavy (non-hydrogen) atoms. The zero-order valence-electron chi connectivity index (χ0n) is 15.3. The summed E-state index contributed by atoms with van der Waals surface area (Å²) in [7, 11) is -1.38. The third-order valence-corrected chi connectivity index (χ3v) is 5.96. The van der Waals surface area contributed by atoms with Crippen LogP contribution in [0, 0.1) is 0 Å². The molecule has 0 aromatic heterocycles. The van der Waals surface area contributed by atoms with Gasteiger partial charge in [-0.25, -0.2) is 13.4 Å². The molecule has 1 aliphatic rings. The molecule has 9 heteroatoms. The predicted molar refractivity (Wildman–Crippen MR) is 104 cm³/mol. The Morgan fingerprint density at radius 2 is 2.15 bits per heavy atom. The van der Waals surface area contributed by atoms with Crippen molar-refractivity contribution in [3.63, 3.8) is 0 Å². The number of hydrogen-bond acceptors (Lipinski definition) is 5. The lowest BCUT2D eigenvalue weighted by Gasteiger charge is -2.16. The van der Waals surface area contributed by atoms with E-state index in [1.54, 1.807) is 13.2 Å². The highest BCUT2D eigenvalue weighted by Gasteiger charge is 2.28. The van der Waals surface area contributed by atoms with Gasteiger partial charge in [0.2, 0.25) is 0 Å². The first-order chi connectivity index (χ1) is 12.4. The zero-order chi connectivity index (χ0) is 19.2. The number of methoxy groups -OCH3 is 1. The van der Waals surface area contributed by atoms with Crippen LogP contribution in [0.25, 0.3) is 0 Å². The molecule has 1 heterocycles. The Bertz CT molecular complexity index is 753. The normalized spacial score (nSPS) is 19.2. The van der Waals surface area contributed by atoms with Crippen LogP contribution >= 0.6 is 11.6 Å². The molecule has 1 aliphatic heterocycles. The highest BCUT2D eigenvalue weighted by Crippen LogP contribution is 2.36. The average molecular weight is 404 g/mol. The van der Waals surface area contributed by atoms with E-state index in [9.17, 15) is 8.42 Å². The highest BCUT2D eigenvalue weighted by atomic mass is 35.5. The Labute approximate surface area is 160 Å². The van der Waals surface area contributed by atoms with Gasteiger partial charge in [0.1, 0.15) is 0 Å². The molecule has 0 spiro atoms. The molecule has 1 aromatic rings. The molecular weight excluding hydrogens is 378 g/mol. The number of benzene rings is 1. The molecule has 2 rings (SSSR count). The molecule has 146 valence electrons. The van der Waals surface area contributed by atoms with Gasteiger partial charge < -0.3 is 20.1 Å². The van der Waals surface area contributed by atoms with Gasteiger partial charge in [0.15, 0.2) is 27.3 Å². The fourth-order valence-corrected chi connectivity index (χ4v) is 4.70. The summed E-state index contributed by atoms with van der Waals surface area (Å²) in [4.78, 5) is 4.53. The molecule has 2 N–H and O–H groups in total. The van der Waals surface area contributed by atoms with Gasteiger partial charge >= 0.3 is 0 Å². The van der Waals surface area contributed by atoms with Crippen molar-refractivity contribution in [2.75, 3.05) is 31.8 Å². The van der Waals surface area contributed by atoms with Gasteiger partial charge in [0.05, 0.1) is 36.8 Å². The van der Waals surface area contributed by atoms with E-state index in [0.717, 1.165) is 5.56 Å². The van der Waals surface area contributed by atoms with Gasteiger partial charge in [-0.3, -0.25) is 0 Å². The maximum atomic E-state index is 11.6. The maximum Gasteiger partial charge on any atom is 0.191 e. The monoisotopic (exact) mass is 403 g/mol. The Balaban J connectivity index is 2.12. The molecule has 1 saturated heterocycles. The largest absolute Gasteiger partial charge is 0.493 e. The molecule has 1 atom stereocenters. The lowest BCUT2D eigenvalue weighted by molar-refractivity contribution is 0.311. The second-order valence-corrected chi connectivity index (χ2v) is 8.62. The fraction of sp³-hybridized carbons (Fsp3) is 0.588. The summed E-state index contributed by atoms with van der Waals surface area (Å²) in [6.45, 7) is 5.38. The summed E-state index contributed by atoms with van der Waals surface area (Å²) in [5.74, 6) is 2.02. The van der Waals surface area contributed by atoms with Crippen LogP contribution in [-0.4, -0.2) is 52.2 Å². The van der Waals surface area contributed by atoms with E-state index in [4.69, 9.17) is 21.1 Å². The van der Waals surface area contributed by atoms with Crippen LogP contribution in [0.15, 0.2) is 17.1 Å². The lowest BCUT2D eigenvalue weighted by atomic mass is 10.2. The van der Waals surface area contributed by atoms with Crippen molar-refractivity contribution >= 4 is 27.4 Å². The summed E-state index contributed by atoms with van der Waals surface area (Å²) in [6, 6.07) is 3.52. The van der Waals surface area contributed by atoms with Crippen molar-refractivity contribution in [1.82, 2.24) is 10.6 Å². The van der Waals surface area contributed by atoms with Gasteiger partial charge in [-0.2, -0.15) is 0 Å². The average Bonchev–Trinajstić information content (AvgIpc) is 2.93. The number of hydrogen-bond donors (Lipinski definition) is 2. The Morgan fingerprint density at radius 3 is 2.73 bits per heavy atom. The van der Waals surface area contributed by atoms with Gasteiger partial charge in [-0.1, -0.05) is 11.6 Å². The molecule has 1 aromatic carbocycles. The Kier molecular flexibility index (Phi) is 7.40. The van der Waals surface area contributed by atoms with E-state index in [0.29, 0.717) is 48.6 Å². The van der Waals surface area contributed by atoms with E-state index in [1.165, 1.54) is 0 Å². The lowest BCUT2D eigenvalue weighted by Crippen LogP contribution is -2.44. The maximum absolute atomic E-state index is 11.6. The minimum Gasteiger partial charge on any atom is -0.493 e. The Hall–Kier alpha value is -1.67. The second kappa shape index (κ2) is 9.32. The topological polar surface area (TPSA) is 89.0 Å². The van der Waals surface area contributed by atoms with E-state index >= 15 is 0 Å². The summed E-state index contributed by atoms with van der Waals surface area (Å²) in [5, 5.41) is 6.79. The molecule has 0 aliphatic carbocycles. The number of rotatable bonds is 7. The standard InChI is InChI=1S/C17H26ClN3O4S/c1-4-19-17(21-13-6-7-26(22,23)11-13)20-10-12-8-14(18)16(25-5-2)15(9-12)24-3/h8-9,13H,4-7,10-11H2,1-3H3,(H2,19,20,21). The fourth-order valence-electron chi connectivity index (χ4n) is 2.74. The van der Waals surface area contributed by atoms with Crippen molar-refractivity contribution in [3.05, 3.63) is 22.7 Å². The minimum atomic E-state index is -2.94. The molecule has 0 radical (unpaired) electrons. The third-order valence-electron chi connectivity index (χ3n) is 3.92. The molecule has 1 unspecified atom stereocenters. The first-order valence-electron chi connectivity index (χ1n) is 8.63. The van der Waals surface area contributed by atoms with E-state index in [-0.39, 0.29) is 17.5 Å². The van der Waals surface area contributed by atoms with Crippen molar-refractivity contribution in [3.8, 4) is 11.5 Å². The van der Waals surface area contributed by atoms with Gasteiger partial charge in [0, 0.05) is 12.6 Å². The van der Waals surface area contributed by atoms with Gasteiger partial charge in [-0.15, -0.1) is 0 Å². The smallest absolute Gasteiger partial charge is 0.191 e. The predicted octanol–water partition coefficient (Wildman–Crippen LogP) is 1.99. The summed E-state index contributed by atoms with van der Waals surface area (Å²) < 4.78 is 34.1. The van der Waals surface area contributed by atoms with Crippen LogP contribution in [0.5, 0.6) is 11.5 Å². The molecule has 0 bridgehead atoms. The number of sulfone groups is 1. The Morgan fingerprint density at radius 1 is 1.38 bits per heavy atom. The molecule has 0 saturated carbocycles. The number of aliphatic imine (C=N–C) groups is 1. The van der Waals surface area contributed by atoms with Crippen LogP contribution < -0.4 is 20.1 Å². The second-order valence-electron chi connectivity index (χ2n) is 5.98. The van der Waals surface area contributed by atoms with Crippen molar-refractivity contribution in [2.45, 2.75) is 32.9 Å². The summed E-state index contributed by atoms with van der Waals surface area (Å²) in [6.07, 6.45) is 0.593. The summed E-state index contributed by atoms with van der Waals surface area (Å²) >= 11 is 6.29.